The summed E-state index contributed by atoms with van der Waals surface area (Å²) in [7, 11) is 1.99. The Kier molecular flexibility index (Phi) is 4.00. The number of halogens is 2. The third-order valence-electron chi connectivity index (χ3n) is 2.73. The monoisotopic (exact) mass is 280 g/mol. The van der Waals surface area contributed by atoms with E-state index in [1.807, 2.05) is 43.4 Å². The van der Waals surface area contributed by atoms with Gasteiger partial charge < -0.3 is 10.6 Å². The Morgan fingerprint density at radius 1 is 1.00 bits per heavy atom. The Hall–Kier alpha value is -1.38. The van der Waals surface area contributed by atoms with Crippen LogP contribution >= 0.6 is 23.2 Å². The number of hydrogen-bond donors (Lipinski definition) is 1. The van der Waals surface area contributed by atoms with Crippen LogP contribution in [0.2, 0.25) is 10.0 Å². The van der Waals surface area contributed by atoms with Crippen LogP contribution in [0.15, 0.2) is 42.5 Å². The van der Waals surface area contributed by atoms with E-state index in [-0.39, 0.29) is 0 Å². The van der Waals surface area contributed by atoms with Crippen molar-refractivity contribution in [1.82, 2.24) is 0 Å². The van der Waals surface area contributed by atoms with Gasteiger partial charge in [0.15, 0.2) is 0 Å². The fourth-order valence-electron chi connectivity index (χ4n) is 1.82. The first-order valence-electron chi connectivity index (χ1n) is 5.57. The molecule has 2 rings (SSSR count). The van der Waals surface area contributed by atoms with Gasteiger partial charge in [-0.2, -0.15) is 0 Å². The van der Waals surface area contributed by atoms with Gasteiger partial charge >= 0.3 is 0 Å². The number of benzene rings is 2. The van der Waals surface area contributed by atoms with Crippen molar-refractivity contribution < 1.29 is 0 Å². The molecule has 2 N–H and O–H groups in total. The minimum atomic E-state index is 0.649. The third kappa shape index (κ3) is 3.09. The zero-order chi connectivity index (χ0) is 13.1. The number of rotatable bonds is 3. The van der Waals surface area contributed by atoms with Crippen LogP contribution in [0.1, 0.15) is 5.56 Å². The van der Waals surface area contributed by atoms with Gasteiger partial charge in [0.25, 0.3) is 0 Å². The fourth-order valence-corrected chi connectivity index (χ4v) is 2.13. The van der Waals surface area contributed by atoms with Gasteiger partial charge in [0.1, 0.15) is 0 Å². The molecule has 0 spiro atoms. The zero-order valence-corrected chi connectivity index (χ0v) is 11.5. The van der Waals surface area contributed by atoms with Crippen molar-refractivity contribution in [1.29, 1.82) is 0 Å². The molecule has 0 fully saturated rings. The van der Waals surface area contributed by atoms with Crippen LogP contribution in [-0.4, -0.2) is 7.05 Å². The summed E-state index contributed by atoms with van der Waals surface area (Å²) in [6.07, 6.45) is 0. The average molecular weight is 281 g/mol. The Morgan fingerprint density at radius 2 is 1.61 bits per heavy atom. The standard InChI is InChI=1S/C14H14Cl2N2/c1-18(9-10-2-4-11(15)5-3-10)14-7-6-12(16)8-13(14)17/h2-8H,9,17H2,1H3. The molecule has 0 aliphatic carbocycles. The highest BCUT2D eigenvalue weighted by atomic mass is 35.5. The molecule has 2 aromatic rings. The molecule has 0 atom stereocenters. The molecule has 0 bridgehead atoms. The first kappa shape index (κ1) is 13.1. The molecule has 0 saturated carbocycles. The van der Waals surface area contributed by atoms with Crippen LogP contribution in [0.3, 0.4) is 0 Å². The number of nitrogens with two attached hydrogens (primary N) is 1. The van der Waals surface area contributed by atoms with Crippen molar-refractivity contribution in [2.45, 2.75) is 6.54 Å². The summed E-state index contributed by atoms with van der Waals surface area (Å²) in [5.74, 6) is 0. The number of nitrogens with zero attached hydrogens (tertiary/aromatic N) is 1. The lowest BCUT2D eigenvalue weighted by Gasteiger charge is -2.21. The quantitative estimate of drug-likeness (QED) is 0.854. The summed E-state index contributed by atoms with van der Waals surface area (Å²) in [6, 6.07) is 13.3. The van der Waals surface area contributed by atoms with Gasteiger partial charge in [0, 0.05) is 23.6 Å². The number of anilines is 2. The third-order valence-corrected chi connectivity index (χ3v) is 3.22. The summed E-state index contributed by atoms with van der Waals surface area (Å²) < 4.78 is 0. The Bertz CT molecular complexity index is 538. The topological polar surface area (TPSA) is 29.3 Å². The highest BCUT2D eigenvalue weighted by Crippen LogP contribution is 2.26. The van der Waals surface area contributed by atoms with Crippen molar-refractivity contribution in [3.63, 3.8) is 0 Å². The molecule has 94 valence electrons. The number of hydrogen-bond acceptors (Lipinski definition) is 2. The van der Waals surface area contributed by atoms with Crippen molar-refractivity contribution >= 4 is 34.6 Å². The van der Waals surface area contributed by atoms with E-state index < -0.39 is 0 Å². The molecule has 0 saturated heterocycles. The molecule has 0 unspecified atom stereocenters. The van der Waals surface area contributed by atoms with Crippen molar-refractivity contribution in [2.24, 2.45) is 0 Å². The van der Waals surface area contributed by atoms with E-state index >= 15 is 0 Å². The first-order valence-corrected chi connectivity index (χ1v) is 6.32. The van der Waals surface area contributed by atoms with E-state index in [1.165, 1.54) is 5.56 Å². The van der Waals surface area contributed by atoms with Crippen LogP contribution in [-0.2, 0) is 6.54 Å². The van der Waals surface area contributed by atoms with Crippen LogP contribution in [0.25, 0.3) is 0 Å². The van der Waals surface area contributed by atoms with Crippen LogP contribution in [0, 0.1) is 0 Å². The van der Waals surface area contributed by atoms with Gasteiger partial charge in [-0.3, -0.25) is 0 Å². The lowest BCUT2D eigenvalue weighted by molar-refractivity contribution is 0.925. The highest BCUT2D eigenvalue weighted by molar-refractivity contribution is 6.31. The van der Waals surface area contributed by atoms with E-state index in [4.69, 9.17) is 28.9 Å². The average Bonchev–Trinajstić information content (AvgIpc) is 2.32. The van der Waals surface area contributed by atoms with Crippen LogP contribution in [0.5, 0.6) is 0 Å². The van der Waals surface area contributed by atoms with Gasteiger partial charge in [0.05, 0.1) is 11.4 Å². The Labute approximate surface area is 117 Å². The van der Waals surface area contributed by atoms with E-state index in [9.17, 15) is 0 Å². The van der Waals surface area contributed by atoms with E-state index in [0.29, 0.717) is 10.7 Å². The molecule has 2 nitrogen and oxygen atoms in total. The second kappa shape index (κ2) is 5.51. The minimum absolute atomic E-state index is 0.649. The largest absolute Gasteiger partial charge is 0.397 e. The molecular weight excluding hydrogens is 267 g/mol. The summed E-state index contributed by atoms with van der Waals surface area (Å²) in [5.41, 5.74) is 8.78. The predicted octanol–water partition coefficient (Wildman–Crippen LogP) is 4.21. The SMILES string of the molecule is CN(Cc1ccc(Cl)cc1)c1ccc(Cl)cc1N. The van der Waals surface area contributed by atoms with Crippen molar-refractivity contribution in [3.05, 3.63) is 58.1 Å². The summed E-state index contributed by atoms with van der Waals surface area (Å²) in [4.78, 5) is 2.08. The van der Waals surface area contributed by atoms with E-state index in [2.05, 4.69) is 4.90 Å². The lowest BCUT2D eigenvalue weighted by atomic mass is 10.2. The second-order valence-corrected chi connectivity index (χ2v) is 5.06. The molecule has 4 heteroatoms. The zero-order valence-electron chi connectivity index (χ0n) is 10.0. The normalized spacial score (nSPS) is 10.4. The maximum atomic E-state index is 5.95. The summed E-state index contributed by atoms with van der Waals surface area (Å²) in [5, 5.41) is 1.39. The minimum Gasteiger partial charge on any atom is -0.397 e. The van der Waals surface area contributed by atoms with E-state index in [1.54, 1.807) is 6.07 Å². The molecule has 0 amide bonds. The maximum Gasteiger partial charge on any atom is 0.0601 e. The molecule has 0 aromatic heterocycles. The lowest BCUT2D eigenvalue weighted by Crippen LogP contribution is -2.17. The van der Waals surface area contributed by atoms with Gasteiger partial charge in [-0.15, -0.1) is 0 Å². The summed E-state index contributed by atoms with van der Waals surface area (Å²) in [6.45, 7) is 0.767. The number of nitrogen functional groups attached to an aromatic ring is 1. The van der Waals surface area contributed by atoms with Gasteiger partial charge in [-0.25, -0.2) is 0 Å². The Balaban J connectivity index is 2.16. The Morgan fingerprint density at radius 3 is 2.22 bits per heavy atom. The van der Waals surface area contributed by atoms with Crippen LogP contribution < -0.4 is 10.6 Å². The first-order chi connectivity index (χ1) is 8.56. The van der Waals surface area contributed by atoms with Crippen molar-refractivity contribution in [2.75, 3.05) is 17.7 Å². The second-order valence-electron chi connectivity index (χ2n) is 4.19. The van der Waals surface area contributed by atoms with E-state index in [0.717, 1.165) is 17.3 Å². The smallest absolute Gasteiger partial charge is 0.0601 e. The highest BCUT2D eigenvalue weighted by Gasteiger charge is 2.06. The van der Waals surface area contributed by atoms with Gasteiger partial charge in [0.2, 0.25) is 0 Å². The predicted molar refractivity (Wildman–Crippen MR) is 79.4 cm³/mol. The fraction of sp³-hybridized carbons (Fsp3) is 0.143. The van der Waals surface area contributed by atoms with Crippen molar-refractivity contribution in [3.8, 4) is 0 Å². The molecule has 0 aliphatic heterocycles. The molecule has 0 aliphatic rings. The van der Waals surface area contributed by atoms with Gasteiger partial charge in [-0.1, -0.05) is 35.3 Å². The molecule has 0 heterocycles. The summed E-state index contributed by atoms with van der Waals surface area (Å²) >= 11 is 11.7. The molecule has 0 radical (unpaired) electrons. The molecule has 2 aromatic carbocycles. The van der Waals surface area contributed by atoms with Crippen LogP contribution in [0.4, 0.5) is 11.4 Å². The maximum absolute atomic E-state index is 5.95. The molecule has 18 heavy (non-hydrogen) atoms. The van der Waals surface area contributed by atoms with Gasteiger partial charge in [-0.05, 0) is 35.9 Å². The molecular formula is C14H14Cl2N2.